The topological polar surface area (TPSA) is 95.6 Å². The van der Waals surface area contributed by atoms with Gasteiger partial charge >= 0.3 is 0 Å². The number of rotatable bonds is 4. The van der Waals surface area contributed by atoms with Crippen LogP contribution < -0.4 is 10.6 Å². The lowest BCUT2D eigenvalue weighted by atomic mass is 10.0. The van der Waals surface area contributed by atoms with E-state index in [0.717, 1.165) is 5.56 Å². The zero-order chi connectivity index (χ0) is 19.6. The fourth-order valence-corrected chi connectivity index (χ4v) is 4.69. The van der Waals surface area contributed by atoms with Crippen molar-refractivity contribution in [1.29, 1.82) is 0 Å². The van der Waals surface area contributed by atoms with E-state index in [1.165, 1.54) is 35.5 Å². The quantitative estimate of drug-likeness (QED) is 0.836. The van der Waals surface area contributed by atoms with Crippen LogP contribution in [0.3, 0.4) is 0 Å². The van der Waals surface area contributed by atoms with E-state index in [0.29, 0.717) is 11.3 Å². The van der Waals surface area contributed by atoms with Crippen molar-refractivity contribution in [3.63, 3.8) is 0 Å². The highest BCUT2D eigenvalue weighted by atomic mass is 32.2. The van der Waals surface area contributed by atoms with Gasteiger partial charge < -0.3 is 10.6 Å². The van der Waals surface area contributed by atoms with Gasteiger partial charge in [-0.25, -0.2) is 8.42 Å². The Morgan fingerprint density at radius 1 is 1.19 bits per heavy atom. The standard InChI is InChI=1S/C19H21N3O4S/c1-13-4-3-5-15(12-13)18-19(24)20-10-11-22(18)27(25,26)17-8-6-16(7-9-17)21-14(2)23/h3-9,12,18H,10-11H2,1-2H3,(H,20,24)(H,21,23). The van der Waals surface area contributed by atoms with Crippen LogP contribution in [0, 0.1) is 6.92 Å². The number of nitrogens with one attached hydrogen (secondary N) is 2. The van der Waals surface area contributed by atoms with E-state index >= 15 is 0 Å². The second-order valence-corrected chi connectivity index (χ2v) is 8.32. The summed E-state index contributed by atoms with van der Waals surface area (Å²) in [6.07, 6.45) is 0. The molecule has 1 aliphatic heterocycles. The third-order valence-corrected chi connectivity index (χ3v) is 6.19. The van der Waals surface area contributed by atoms with Crippen molar-refractivity contribution in [3.8, 4) is 0 Å². The molecule has 27 heavy (non-hydrogen) atoms. The van der Waals surface area contributed by atoms with Gasteiger partial charge in [-0.15, -0.1) is 0 Å². The van der Waals surface area contributed by atoms with Crippen LogP contribution in [0.2, 0.25) is 0 Å². The molecule has 0 saturated carbocycles. The van der Waals surface area contributed by atoms with E-state index in [2.05, 4.69) is 10.6 Å². The molecule has 1 aliphatic rings. The van der Waals surface area contributed by atoms with Crippen LogP contribution in [0.15, 0.2) is 53.4 Å². The number of amides is 2. The largest absolute Gasteiger partial charge is 0.353 e. The van der Waals surface area contributed by atoms with Crippen LogP contribution in [-0.4, -0.2) is 37.6 Å². The van der Waals surface area contributed by atoms with Crippen LogP contribution in [0.1, 0.15) is 24.1 Å². The monoisotopic (exact) mass is 387 g/mol. The normalized spacial score (nSPS) is 18.0. The Kier molecular flexibility index (Phi) is 5.29. The lowest BCUT2D eigenvalue weighted by molar-refractivity contribution is -0.127. The number of carbonyl (C=O) groups is 2. The Morgan fingerprint density at radius 3 is 2.52 bits per heavy atom. The Bertz CT molecular complexity index is 971. The predicted molar refractivity (Wildman–Crippen MR) is 102 cm³/mol. The maximum absolute atomic E-state index is 13.2. The molecule has 8 heteroatoms. The molecule has 1 atom stereocenters. The van der Waals surface area contributed by atoms with Gasteiger partial charge in [-0.2, -0.15) is 4.31 Å². The number of hydrogen-bond donors (Lipinski definition) is 2. The number of sulfonamides is 1. The molecule has 1 saturated heterocycles. The first kappa shape index (κ1) is 19.1. The zero-order valence-electron chi connectivity index (χ0n) is 15.1. The minimum Gasteiger partial charge on any atom is -0.353 e. The lowest BCUT2D eigenvalue weighted by Crippen LogP contribution is -2.52. The van der Waals surface area contributed by atoms with Crippen molar-refractivity contribution in [2.45, 2.75) is 24.8 Å². The van der Waals surface area contributed by atoms with Crippen LogP contribution in [0.25, 0.3) is 0 Å². The summed E-state index contributed by atoms with van der Waals surface area (Å²) in [6, 6.07) is 12.3. The van der Waals surface area contributed by atoms with E-state index in [9.17, 15) is 18.0 Å². The number of nitrogens with zero attached hydrogens (tertiary/aromatic N) is 1. The molecule has 7 nitrogen and oxygen atoms in total. The molecule has 142 valence electrons. The first-order chi connectivity index (χ1) is 12.8. The summed E-state index contributed by atoms with van der Waals surface area (Å²) in [6.45, 7) is 3.71. The third kappa shape index (κ3) is 4.01. The van der Waals surface area contributed by atoms with Crippen molar-refractivity contribution >= 4 is 27.5 Å². The number of aryl methyl sites for hydroxylation is 1. The molecule has 3 rings (SSSR count). The maximum atomic E-state index is 13.2. The maximum Gasteiger partial charge on any atom is 0.244 e. The third-order valence-electron chi connectivity index (χ3n) is 4.31. The lowest BCUT2D eigenvalue weighted by Gasteiger charge is -2.34. The van der Waals surface area contributed by atoms with Crippen LogP contribution >= 0.6 is 0 Å². The molecule has 1 heterocycles. The molecule has 2 aromatic carbocycles. The molecule has 0 bridgehead atoms. The predicted octanol–water partition coefficient (Wildman–Crippen LogP) is 1.82. The van der Waals surface area contributed by atoms with E-state index in [1.807, 2.05) is 19.1 Å². The molecule has 1 fully saturated rings. The van der Waals surface area contributed by atoms with Crippen molar-refractivity contribution < 1.29 is 18.0 Å². The summed E-state index contributed by atoms with van der Waals surface area (Å²) in [7, 11) is -3.89. The number of hydrogen-bond acceptors (Lipinski definition) is 4. The highest BCUT2D eigenvalue weighted by molar-refractivity contribution is 7.89. The van der Waals surface area contributed by atoms with Gasteiger partial charge in [0.15, 0.2) is 0 Å². The molecular weight excluding hydrogens is 366 g/mol. The second kappa shape index (κ2) is 7.50. The summed E-state index contributed by atoms with van der Waals surface area (Å²) in [5.41, 5.74) is 2.08. The fraction of sp³-hybridized carbons (Fsp3) is 0.263. The van der Waals surface area contributed by atoms with Gasteiger partial charge in [0.2, 0.25) is 21.8 Å². The van der Waals surface area contributed by atoms with Gasteiger partial charge in [0.1, 0.15) is 6.04 Å². The number of carbonyl (C=O) groups excluding carboxylic acids is 2. The zero-order valence-corrected chi connectivity index (χ0v) is 15.9. The molecule has 0 spiro atoms. The first-order valence-electron chi connectivity index (χ1n) is 8.53. The molecule has 1 unspecified atom stereocenters. The Morgan fingerprint density at radius 2 is 1.89 bits per heavy atom. The Balaban J connectivity index is 1.97. The minimum atomic E-state index is -3.89. The number of benzene rings is 2. The van der Waals surface area contributed by atoms with Crippen molar-refractivity contribution in [2.75, 3.05) is 18.4 Å². The molecule has 2 aromatic rings. The SMILES string of the molecule is CC(=O)Nc1ccc(S(=O)(=O)N2CCNC(=O)C2c2cccc(C)c2)cc1. The summed E-state index contributed by atoms with van der Waals surface area (Å²) in [5, 5.41) is 5.34. The average Bonchev–Trinajstić information content (AvgIpc) is 2.61. The molecular formula is C19H21N3O4S. The Hall–Kier alpha value is -2.71. The summed E-state index contributed by atoms with van der Waals surface area (Å²) in [5.74, 6) is -0.580. The van der Waals surface area contributed by atoms with Crippen molar-refractivity contribution in [3.05, 3.63) is 59.7 Å². The minimum absolute atomic E-state index is 0.0731. The van der Waals surface area contributed by atoms with Crippen LogP contribution in [0.5, 0.6) is 0 Å². The van der Waals surface area contributed by atoms with Gasteiger partial charge in [0, 0.05) is 25.7 Å². The molecule has 0 aliphatic carbocycles. The fourth-order valence-electron chi connectivity index (χ4n) is 3.11. The number of anilines is 1. The Labute approximate surface area is 158 Å². The highest BCUT2D eigenvalue weighted by Gasteiger charge is 2.39. The van der Waals surface area contributed by atoms with Crippen molar-refractivity contribution in [2.24, 2.45) is 0 Å². The van der Waals surface area contributed by atoms with E-state index in [1.54, 1.807) is 12.1 Å². The van der Waals surface area contributed by atoms with E-state index < -0.39 is 16.1 Å². The van der Waals surface area contributed by atoms with Crippen LogP contribution in [-0.2, 0) is 19.6 Å². The second-order valence-electron chi connectivity index (χ2n) is 6.43. The smallest absolute Gasteiger partial charge is 0.244 e. The molecule has 2 N–H and O–H groups in total. The van der Waals surface area contributed by atoms with Gasteiger partial charge in [0.25, 0.3) is 0 Å². The van der Waals surface area contributed by atoms with E-state index in [4.69, 9.17) is 0 Å². The molecule has 0 radical (unpaired) electrons. The summed E-state index contributed by atoms with van der Waals surface area (Å²) >= 11 is 0. The highest BCUT2D eigenvalue weighted by Crippen LogP contribution is 2.30. The molecule has 0 aromatic heterocycles. The summed E-state index contributed by atoms with van der Waals surface area (Å²) < 4.78 is 27.6. The van der Waals surface area contributed by atoms with Crippen molar-refractivity contribution in [1.82, 2.24) is 9.62 Å². The van der Waals surface area contributed by atoms with Gasteiger partial charge in [-0.3, -0.25) is 9.59 Å². The number of piperazine rings is 1. The van der Waals surface area contributed by atoms with Crippen LogP contribution in [0.4, 0.5) is 5.69 Å². The first-order valence-corrected chi connectivity index (χ1v) is 9.97. The summed E-state index contributed by atoms with van der Waals surface area (Å²) in [4.78, 5) is 23.7. The van der Waals surface area contributed by atoms with Gasteiger partial charge in [0.05, 0.1) is 4.90 Å². The van der Waals surface area contributed by atoms with Gasteiger partial charge in [-0.1, -0.05) is 29.8 Å². The van der Waals surface area contributed by atoms with Gasteiger partial charge in [-0.05, 0) is 36.8 Å². The molecule has 2 amide bonds. The van der Waals surface area contributed by atoms with E-state index in [-0.39, 0.29) is 29.8 Å². The average molecular weight is 387 g/mol.